The molecule has 1 fully saturated rings. The molecule has 194 valence electrons. The topological polar surface area (TPSA) is 108 Å². The molecule has 13 heteroatoms. The number of carboxylic acids is 1. The number of carbonyl (C=O) groups excluding carboxylic acids is 1. The molecule has 4 rings (SSSR count). The van der Waals surface area contributed by atoms with Gasteiger partial charge in [-0.3, -0.25) is 4.79 Å². The second-order valence-electron chi connectivity index (χ2n) is 8.69. The number of urea groups is 1. The van der Waals surface area contributed by atoms with Crippen LogP contribution in [0, 0.1) is 0 Å². The first-order valence-corrected chi connectivity index (χ1v) is 11.4. The molecule has 0 bridgehead atoms. The second kappa shape index (κ2) is 10.5. The van der Waals surface area contributed by atoms with Gasteiger partial charge in [0.15, 0.2) is 0 Å². The number of fused-ring (bicyclic) bond motifs is 1. The Kier molecular flexibility index (Phi) is 7.45. The summed E-state index contributed by atoms with van der Waals surface area (Å²) >= 11 is 0. The van der Waals surface area contributed by atoms with Crippen LogP contribution in [0.15, 0.2) is 30.5 Å². The third-order valence-corrected chi connectivity index (χ3v) is 6.04. The van der Waals surface area contributed by atoms with E-state index in [4.69, 9.17) is 0 Å². The lowest BCUT2D eigenvalue weighted by molar-refractivity contribution is -0.138. The number of ether oxygens (including phenoxy) is 1. The summed E-state index contributed by atoms with van der Waals surface area (Å²) in [5.74, 6) is -4.26. The van der Waals surface area contributed by atoms with Gasteiger partial charge in [-0.05, 0) is 30.0 Å². The number of carbonyl (C=O) groups is 2. The molecule has 2 N–H and O–H groups in total. The first kappa shape index (κ1) is 25.5. The van der Waals surface area contributed by atoms with Gasteiger partial charge < -0.3 is 25.0 Å². The standard InChI is InChI=1S/C23H25F4N5O4/c24-21(25)36-18-6-4-15(12-29-18)17(10-19(33)34)32-9-8-31(22(32)35)13-23(26,27)11-16-5-3-14-2-1-7-28-20(14)30-16/h3-6,12,17,21H,1-2,7-11,13H2,(H,28,30)(H,33,34)/t17-/m0/s1. The number of nitrogens with zero attached hydrogens (tertiary/aromatic N) is 4. The van der Waals surface area contributed by atoms with E-state index in [9.17, 15) is 32.3 Å². The van der Waals surface area contributed by atoms with E-state index in [1.807, 2.05) is 0 Å². The van der Waals surface area contributed by atoms with E-state index in [1.54, 1.807) is 12.1 Å². The Morgan fingerprint density at radius 1 is 1.22 bits per heavy atom. The lowest BCUT2D eigenvalue weighted by Gasteiger charge is -2.28. The number of hydrogen-bond donors (Lipinski definition) is 2. The van der Waals surface area contributed by atoms with Crippen molar-refractivity contribution in [2.24, 2.45) is 0 Å². The Bertz CT molecular complexity index is 1100. The van der Waals surface area contributed by atoms with Crippen LogP contribution in [0.4, 0.5) is 28.2 Å². The molecular formula is C23H25F4N5O4. The summed E-state index contributed by atoms with van der Waals surface area (Å²) in [4.78, 5) is 34.6. The van der Waals surface area contributed by atoms with Gasteiger partial charge in [0, 0.05) is 37.6 Å². The molecular weight excluding hydrogens is 486 g/mol. The Balaban J connectivity index is 1.44. The van der Waals surface area contributed by atoms with Crippen molar-refractivity contribution >= 4 is 17.8 Å². The second-order valence-corrected chi connectivity index (χ2v) is 8.69. The summed E-state index contributed by atoms with van der Waals surface area (Å²) in [5, 5.41) is 12.4. The Morgan fingerprint density at radius 3 is 2.72 bits per heavy atom. The number of aryl methyl sites for hydroxylation is 1. The van der Waals surface area contributed by atoms with Crippen LogP contribution < -0.4 is 10.1 Å². The highest BCUT2D eigenvalue weighted by Crippen LogP contribution is 2.31. The van der Waals surface area contributed by atoms with Crippen molar-refractivity contribution in [2.75, 3.05) is 31.5 Å². The number of carboxylic acid groups (broad SMARTS) is 1. The molecule has 4 heterocycles. The lowest BCUT2D eigenvalue weighted by atomic mass is 10.0. The van der Waals surface area contributed by atoms with Gasteiger partial charge in [-0.2, -0.15) is 8.78 Å². The third kappa shape index (κ3) is 6.13. The molecule has 0 aromatic carbocycles. The largest absolute Gasteiger partial charge is 0.481 e. The number of hydrogen-bond acceptors (Lipinski definition) is 6. The highest BCUT2D eigenvalue weighted by molar-refractivity contribution is 5.78. The molecule has 0 unspecified atom stereocenters. The van der Waals surface area contributed by atoms with E-state index < -0.39 is 50.0 Å². The number of rotatable bonds is 10. The first-order chi connectivity index (χ1) is 17.1. The van der Waals surface area contributed by atoms with Crippen LogP contribution >= 0.6 is 0 Å². The number of alkyl halides is 4. The SMILES string of the molecule is O=C(O)C[C@@H](c1ccc(OC(F)F)nc1)N1CCN(CC(F)(F)Cc2ccc3c(n2)NCCC3)C1=O. The average molecular weight is 511 g/mol. The van der Waals surface area contributed by atoms with Crippen LogP contribution in [0.3, 0.4) is 0 Å². The van der Waals surface area contributed by atoms with Gasteiger partial charge in [-0.25, -0.2) is 23.5 Å². The molecule has 1 atom stereocenters. The summed E-state index contributed by atoms with van der Waals surface area (Å²) < 4.78 is 58.8. The minimum Gasteiger partial charge on any atom is -0.481 e. The number of amides is 2. The van der Waals surface area contributed by atoms with Crippen molar-refractivity contribution in [3.8, 4) is 5.88 Å². The fourth-order valence-corrected chi connectivity index (χ4v) is 4.43. The van der Waals surface area contributed by atoms with E-state index in [-0.39, 0.29) is 30.2 Å². The molecule has 1 saturated heterocycles. The molecule has 2 amide bonds. The van der Waals surface area contributed by atoms with Crippen LogP contribution in [-0.2, 0) is 17.6 Å². The average Bonchev–Trinajstić information content (AvgIpc) is 3.16. The highest BCUT2D eigenvalue weighted by atomic mass is 19.3. The molecule has 0 spiro atoms. The number of nitrogens with one attached hydrogen (secondary N) is 1. The molecule has 0 radical (unpaired) electrons. The van der Waals surface area contributed by atoms with E-state index in [1.165, 1.54) is 11.0 Å². The van der Waals surface area contributed by atoms with Gasteiger partial charge in [0.1, 0.15) is 5.82 Å². The molecule has 0 aliphatic carbocycles. The molecule has 2 aromatic heterocycles. The summed E-state index contributed by atoms with van der Waals surface area (Å²) in [6.45, 7) is -3.21. The van der Waals surface area contributed by atoms with Crippen molar-refractivity contribution in [1.82, 2.24) is 19.8 Å². The normalized spacial score (nSPS) is 16.6. The van der Waals surface area contributed by atoms with Crippen LogP contribution in [-0.4, -0.2) is 75.6 Å². The first-order valence-electron chi connectivity index (χ1n) is 11.4. The quantitative estimate of drug-likeness (QED) is 0.470. The van der Waals surface area contributed by atoms with Crippen molar-refractivity contribution in [3.63, 3.8) is 0 Å². The zero-order chi connectivity index (χ0) is 25.9. The molecule has 2 aromatic rings. The summed E-state index contributed by atoms with van der Waals surface area (Å²) in [7, 11) is 0. The lowest BCUT2D eigenvalue weighted by Crippen LogP contribution is -2.42. The Morgan fingerprint density at radius 2 is 2.03 bits per heavy atom. The van der Waals surface area contributed by atoms with Crippen molar-refractivity contribution in [1.29, 1.82) is 0 Å². The smallest absolute Gasteiger partial charge is 0.388 e. The molecule has 36 heavy (non-hydrogen) atoms. The number of aromatic nitrogens is 2. The van der Waals surface area contributed by atoms with Gasteiger partial charge in [-0.15, -0.1) is 0 Å². The van der Waals surface area contributed by atoms with Crippen molar-refractivity contribution < 1.29 is 37.0 Å². The maximum atomic E-state index is 14.9. The fourth-order valence-electron chi connectivity index (χ4n) is 4.43. The highest BCUT2D eigenvalue weighted by Gasteiger charge is 2.41. The number of anilines is 1. The molecule has 0 saturated carbocycles. The third-order valence-electron chi connectivity index (χ3n) is 6.04. The summed E-state index contributed by atoms with van der Waals surface area (Å²) in [6, 6.07) is 4.03. The van der Waals surface area contributed by atoms with Crippen molar-refractivity contribution in [2.45, 2.75) is 44.3 Å². The van der Waals surface area contributed by atoms with Crippen LogP contribution in [0.5, 0.6) is 5.88 Å². The van der Waals surface area contributed by atoms with Gasteiger partial charge >= 0.3 is 18.6 Å². The zero-order valence-corrected chi connectivity index (χ0v) is 19.2. The number of halogens is 4. The molecule has 2 aliphatic heterocycles. The molecule has 2 aliphatic rings. The van der Waals surface area contributed by atoms with Gasteiger partial charge in [0.25, 0.3) is 5.92 Å². The van der Waals surface area contributed by atoms with E-state index in [2.05, 4.69) is 20.0 Å². The predicted octanol–water partition coefficient (Wildman–Crippen LogP) is 3.57. The van der Waals surface area contributed by atoms with E-state index in [0.717, 1.165) is 42.1 Å². The van der Waals surface area contributed by atoms with E-state index >= 15 is 0 Å². The van der Waals surface area contributed by atoms with Crippen molar-refractivity contribution in [3.05, 3.63) is 47.3 Å². The fraction of sp³-hybridized carbons (Fsp3) is 0.478. The zero-order valence-electron chi connectivity index (χ0n) is 19.2. The molecule has 9 nitrogen and oxygen atoms in total. The predicted molar refractivity (Wildman–Crippen MR) is 119 cm³/mol. The van der Waals surface area contributed by atoms with E-state index in [0.29, 0.717) is 5.82 Å². The summed E-state index contributed by atoms with van der Waals surface area (Å²) in [5.41, 5.74) is 1.44. The van der Waals surface area contributed by atoms with Crippen LogP contribution in [0.1, 0.15) is 35.7 Å². The minimum absolute atomic E-state index is 0.0170. The minimum atomic E-state index is -3.26. The summed E-state index contributed by atoms with van der Waals surface area (Å²) in [6.07, 6.45) is 1.74. The number of pyridine rings is 2. The number of aliphatic carboxylic acids is 1. The Hall–Kier alpha value is -3.64. The van der Waals surface area contributed by atoms with Crippen LogP contribution in [0.2, 0.25) is 0 Å². The van der Waals surface area contributed by atoms with Gasteiger partial charge in [-0.1, -0.05) is 12.1 Å². The van der Waals surface area contributed by atoms with Crippen LogP contribution in [0.25, 0.3) is 0 Å². The monoisotopic (exact) mass is 511 g/mol. The van der Waals surface area contributed by atoms with Gasteiger partial charge in [0.2, 0.25) is 5.88 Å². The maximum absolute atomic E-state index is 14.9. The Labute approximate surface area is 204 Å². The van der Waals surface area contributed by atoms with Gasteiger partial charge in [0.05, 0.1) is 25.4 Å². The maximum Gasteiger partial charge on any atom is 0.388 e.